The molecule has 5 rings (SSSR count). The summed E-state index contributed by atoms with van der Waals surface area (Å²) in [5, 5.41) is 2.30. The maximum absolute atomic E-state index is 12.9. The molecule has 0 aromatic heterocycles. The van der Waals surface area contributed by atoms with Crippen LogP contribution in [0.2, 0.25) is 0 Å². The normalized spacial score (nSPS) is 21.3. The minimum atomic E-state index is -4.35. The molecule has 2 aliphatic heterocycles. The minimum Gasteiger partial charge on any atom is -0.496 e. The second kappa shape index (κ2) is 9.53. The van der Waals surface area contributed by atoms with E-state index in [0.29, 0.717) is 18.9 Å². The molecule has 184 valence electrons. The Morgan fingerprint density at radius 3 is 2.40 bits per heavy atom. The van der Waals surface area contributed by atoms with Gasteiger partial charge in [0, 0.05) is 44.0 Å². The van der Waals surface area contributed by atoms with Crippen molar-refractivity contribution in [1.82, 2.24) is 9.80 Å². The topological polar surface area (TPSA) is 32.8 Å². The van der Waals surface area contributed by atoms with Gasteiger partial charge in [0.15, 0.2) is 0 Å². The second-order valence-corrected chi connectivity index (χ2v) is 9.58. The van der Waals surface area contributed by atoms with Crippen molar-refractivity contribution in [2.24, 2.45) is 5.92 Å². The molecule has 2 heterocycles. The molecule has 2 atom stereocenters. The van der Waals surface area contributed by atoms with Crippen LogP contribution in [-0.2, 0) is 24.1 Å². The number of likely N-dealkylation sites (tertiary alicyclic amines) is 2. The number of halogens is 3. The van der Waals surface area contributed by atoms with Crippen LogP contribution < -0.4 is 4.74 Å². The van der Waals surface area contributed by atoms with Crippen molar-refractivity contribution < 1.29 is 22.7 Å². The molecule has 3 aromatic rings. The lowest BCUT2D eigenvalue weighted by molar-refractivity contribution is -0.142. The predicted molar refractivity (Wildman–Crippen MR) is 129 cm³/mol. The number of hydrogen-bond donors (Lipinski definition) is 0. The van der Waals surface area contributed by atoms with Crippen LogP contribution in [0, 0.1) is 5.92 Å². The average molecular weight is 483 g/mol. The molecule has 1 amide bonds. The van der Waals surface area contributed by atoms with Gasteiger partial charge < -0.3 is 9.64 Å². The summed E-state index contributed by atoms with van der Waals surface area (Å²) in [5.74, 6) is 1.33. The van der Waals surface area contributed by atoms with Crippen LogP contribution in [-0.4, -0.2) is 41.9 Å². The zero-order chi connectivity index (χ0) is 24.6. The van der Waals surface area contributed by atoms with Crippen molar-refractivity contribution in [2.45, 2.75) is 44.6 Å². The highest BCUT2D eigenvalue weighted by molar-refractivity contribution is 5.91. The molecule has 4 nitrogen and oxygen atoms in total. The highest BCUT2D eigenvalue weighted by Gasteiger charge is 2.39. The van der Waals surface area contributed by atoms with Crippen LogP contribution in [0.5, 0.6) is 5.75 Å². The molecule has 0 aliphatic carbocycles. The van der Waals surface area contributed by atoms with Crippen LogP contribution in [0.15, 0.2) is 60.7 Å². The molecule has 0 saturated carbocycles. The lowest BCUT2D eigenvalue weighted by Gasteiger charge is -2.47. The van der Waals surface area contributed by atoms with Gasteiger partial charge in [0.05, 0.1) is 12.7 Å². The molecule has 2 saturated heterocycles. The standard InChI is InChI=1S/C28H29F3N2O2/c1-35-26-12-8-20(23-4-2-3-5-24(23)26)17-32-15-14-25-21(18-32)9-13-27(34)33(25)16-19-6-10-22(11-7-19)28(29,30)31/h2-8,10-12,21,25H,9,13-18H2,1H3/t21-,25+/m1/s1. The number of alkyl halides is 3. The number of rotatable bonds is 5. The molecule has 7 heteroatoms. The Labute approximate surface area is 203 Å². The van der Waals surface area contributed by atoms with Crippen LogP contribution in [0.4, 0.5) is 13.2 Å². The molecule has 0 unspecified atom stereocenters. The summed E-state index contributed by atoms with van der Waals surface area (Å²) in [6.07, 6.45) is -2.15. The van der Waals surface area contributed by atoms with Crippen LogP contribution in [0.1, 0.15) is 36.0 Å². The van der Waals surface area contributed by atoms with E-state index < -0.39 is 11.7 Å². The summed E-state index contributed by atoms with van der Waals surface area (Å²) < 4.78 is 44.2. The van der Waals surface area contributed by atoms with Gasteiger partial charge in [0.25, 0.3) is 0 Å². The van der Waals surface area contributed by atoms with Gasteiger partial charge in [-0.15, -0.1) is 0 Å². The van der Waals surface area contributed by atoms with E-state index in [0.717, 1.165) is 61.3 Å². The van der Waals surface area contributed by atoms with Crippen molar-refractivity contribution in [3.8, 4) is 5.75 Å². The Bertz CT molecular complexity index is 1210. The lowest BCUT2D eigenvalue weighted by Crippen LogP contribution is -2.55. The van der Waals surface area contributed by atoms with E-state index in [-0.39, 0.29) is 11.9 Å². The van der Waals surface area contributed by atoms with E-state index >= 15 is 0 Å². The second-order valence-electron chi connectivity index (χ2n) is 9.58. The van der Waals surface area contributed by atoms with Gasteiger partial charge in [-0.1, -0.05) is 42.5 Å². The van der Waals surface area contributed by atoms with Gasteiger partial charge in [-0.2, -0.15) is 13.2 Å². The molecular formula is C28H29F3N2O2. The number of benzene rings is 3. The number of nitrogens with zero attached hydrogens (tertiary/aromatic N) is 2. The fourth-order valence-electron chi connectivity index (χ4n) is 5.66. The van der Waals surface area contributed by atoms with E-state index in [1.165, 1.54) is 23.1 Å². The first kappa shape index (κ1) is 23.7. The molecule has 0 radical (unpaired) electrons. The van der Waals surface area contributed by atoms with Crippen molar-refractivity contribution in [3.63, 3.8) is 0 Å². The summed E-state index contributed by atoms with van der Waals surface area (Å²) in [7, 11) is 1.69. The zero-order valence-corrected chi connectivity index (χ0v) is 19.7. The minimum absolute atomic E-state index is 0.0979. The zero-order valence-electron chi connectivity index (χ0n) is 19.7. The van der Waals surface area contributed by atoms with Gasteiger partial charge in [0.1, 0.15) is 5.75 Å². The maximum atomic E-state index is 12.9. The summed E-state index contributed by atoms with van der Waals surface area (Å²) in [6, 6.07) is 17.7. The maximum Gasteiger partial charge on any atom is 0.416 e. The van der Waals surface area contributed by atoms with Crippen LogP contribution >= 0.6 is 0 Å². The fourth-order valence-corrected chi connectivity index (χ4v) is 5.66. The quantitative estimate of drug-likeness (QED) is 0.455. The first-order chi connectivity index (χ1) is 16.8. The Hall–Kier alpha value is -3.06. The largest absolute Gasteiger partial charge is 0.496 e. The van der Waals surface area contributed by atoms with E-state index in [4.69, 9.17) is 4.74 Å². The molecule has 3 aromatic carbocycles. The number of amides is 1. The Morgan fingerprint density at radius 1 is 0.943 bits per heavy atom. The Balaban J connectivity index is 1.28. The lowest BCUT2D eigenvalue weighted by atomic mass is 9.83. The van der Waals surface area contributed by atoms with E-state index in [1.54, 1.807) is 7.11 Å². The first-order valence-electron chi connectivity index (χ1n) is 12.1. The average Bonchev–Trinajstić information content (AvgIpc) is 2.86. The molecule has 35 heavy (non-hydrogen) atoms. The SMILES string of the molecule is COc1ccc(CN2CC[C@H]3[C@H](CCC(=O)N3Cc3ccc(C(F)(F)F)cc3)C2)c2ccccc12. The number of hydrogen-bond acceptors (Lipinski definition) is 3. The van der Waals surface area contributed by atoms with E-state index in [1.807, 2.05) is 23.1 Å². The van der Waals surface area contributed by atoms with Gasteiger partial charge in [-0.25, -0.2) is 0 Å². The van der Waals surface area contributed by atoms with Gasteiger partial charge in [-0.05, 0) is 53.5 Å². The number of methoxy groups -OCH3 is 1. The highest BCUT2D eigenvalue weighted by Crippen LogP contribution is 2.35. The van der Waals surface area contributed by atoms with Crippen molar-refractivity contribution in [3.05, 3.63) is 77.4 Å². The van der Waals surface area contributed by atoms with Crippen LogP contribution in [0.25, 0.3) is 10.8 Å². The van der Waals surface area contributed by atoms with Crippen molar-refractivity contribution >= 4 is 16.7 Å². The predicted octanol–water partition coefficient (Wildman–Crippen LogP) is 5.88. The molecule has 0 spiro atoms. The van der Waals surface area contributed by atoms with Crippen LogP contribution in [0.3, 0.4) is 0 Å². The van der Waals surface area contributed by atoms with E-state index in [9.17, 15) is 18.0 Å². The molecular weight excluding hydrogens is 453 g/mol. The smallest absolute Gasteiger partial charge is 0.416 e. The van der Waals surface area contributed by atoms with Gasteiger partial charge in [-0.3, -0.25) is 9.69 Å². The monoisotopic (exact) mass is 482 g/mol. The molecule has 0 N–H and O–H groups in total. The molecule has 2 aliphatic rings. The summed E-state index contributed by atoms with van der Waals surface area (Å²) in [6.45, 7) is 2.97. The fraction of sp³-hybridized carbons (Fsp3) is 0.393. The summed E-state index contributed by atoms with van der Waals surface area (Å²) >= 11 is 0. The van der Waals surface area contributed by atoms with Gasteiger partial charge >= 0.3 is 6.18 Å². The summed E-state index contributed by atoms with van der Waals surface area (Å²) in [5.41, 5.74) is 1.33. The third kappa shape index (κ3) is 4.87. The number of ether oxygens (including phenoxy) is 1. The van der Waals surface area contributed by atoms with Crippen molar-refractivity contribution in [2.75, 3.05) is 20.2 Å². The molecule has 2 fully saturated rings. The third-order valence-corrected chi connectivity index (χ3v) is 7.45. The van der Waals surface area contributed by atoms with Gasteiger partial charge in [0.2, 0.25) is 5.91 Å². The number of piperidine rings is 2. The van der Waals surface area contributed by atoms with E-state index in [2.05, 4.69) is 23.1 Å². The van der Waals surface area contributed by atoms with Crippen molar-refractivity contribution in [1.29, 1.82) is 0 Å². The Kier molecular flexibility index (Phi) is 6.45. The third-order valence-electron chi connectivity index (χ3n) is 7.45. The highest BCUT2D eigenvalue weighted by atomic mass is 19.4. The first-order valence-corrected chi connectivity index (χ1v) is 12.1. The Morgan fingerprint density at radius 2 is 1.69 bits per heavy atom. The number of carbonyl (C=O) groups is 1. The number of fused-ring (bicyclic) bond motifs is 2. The molecule has 0 bridgehead atoms. The number of carbonyl (C=O) groups excluding carboxylic acids is 1. The summed E-state index contributed by atoms with van der Waals surface area (Å²) in [4.78, 5) is 17.1.